The molecule has 2 fully saturated rings. The summed E-state index contributed by atoms with van der Waals surface area (Å²) in [5.41, 5.74) is 5.62. The molecule has 7 nitrogen and oxygen atoms in total. The van der Waals surface area contributed by atoms with Crippen molar-refractivity contribution in [3.63, 3.8) is 0 Å². The van der Waals surface area contributed by atoms with Gasteiger partial charge in [-0.2, -0.15) is 5.10 Å². The Labute approximate surface area is 129 Å². The van der Waals surface area contributed by atoms with Crippen LogP contribution in [0.25, 0.3) is 0 Å². The zero-order valence-electron chi connectivity index (χ0n) is 12.7. The lowest BCUT2D eigenvalue weighted by Gasteiger charge is -2.39. The van der Waals surface area contributed by atoms with E-state index in [0.717, 1.165) is 12.8 Å². The number of hydrogen-bond acceptors (Lipinski definition) is 3. The summed E-state index contributed by atoms with van der Waals surface area (Å²) in [6.07, 6.45) is 10.3. The normalized spacial score (nSPS) is 20.3. The molecule has 0 bridgehead atoms. The van der Waals surface area contributed by atoms with E-state index in [4.69, 9.17) is 5.73 Å². The summed E-state index contributed by atoms with van der Waals surface area (Å²) in [4.78, 5) is 25.1. The van der Waals surface area contributed by atoms with Crippen LogP contribution in [0.1, 0.15) is 54.9 Å². The first-order valence-corrected chi connectivity index (χ1v) is 8.03. The number of rotatable bonds is 3. The summed E-state index contributed by atoms with van der Waals surface area (Å²) in [6, 6.07) is 0.471. The Morgan fingerprint density at radius 2 is 1.86 bits per heavy atom. The molecule has 0 atom stereocenters. The molecular weight excluding hydrogens is 282 g/mol. The first-order chi connectivity index (χ1) is 10.6. The number of carbonyl (C=O) groups is 2. The van der Waals surface area contributed by atoms with Crippen LogP contribution in [-0.4, -0.2) is 45.8 Å². The Kier molecular flexibility index (Phi) is 4.31. The maximum atomic E-state index is 12.2. The second-order valence-electron chi connectivity index (χ2n) is 6.27. The average molecular weight is 305 g/mol. The molecule has 3 N–H and O–H groups in total. The number of urea groups is 1. The van der Waals surface area contributed by atoms with Crippen molar-refractivity contribution >= 4 is 11.9 Å². The van der Waals surface area contributed by atoms with Gasteiger partial charge in [0.1, 0.15) is 0 Å². The monoisotopic (exact) mass is 305 g/mol. The number of primary amides is 1. The van der Waals surface area contributed by atoms with Crippen LogP contribution in [0.5, 0.6) is 0 Å². The molecule has 2 heterocycles. The maximum Gasteiger partial charge on any atom is 0.317 e. The largest absolute Gasteiger partial charge is 0.366 e. The Morgan fingerprint density at radius 1 is 1.18 bits per heavy atom. The van der Waals surface area contributed by atoms with E-state index in [2.05, 4.69) is 10.4 Å². The van der Waals surface area contributed by atoms with Gasteiger partial charge in [-0.25, -0.2) is 4.79 Å². The molecular formula is C15H23N5O2. The van der Waals surface area contributed by atoms with Gasteiger partial charge in [0, 0.05) is 25.3 Å². The Morgan fingerprint density at radius 3 is 2.45 bits per heavy atom. The fraction of sp³-hybridized carbons (Fsp3) is 0.667. The zero-order valence-corrected chi connectivity index (χ0v) is 12.7. The van der Waals surface area contributed by atoms with Crippen molar-refractivity contribution in [3.05, 3.63) is 18.0 Å². The number of nitrogens with two attached hydrogens (primary N) is 1. The third kappa shape index (κ3) is 3.23. The molecule has 2 aliphatic rings. The van der Waals surface area contributed by atoms with Gasteiger partial charge in [-0.05, 0) is 12.8 Å². The topological polar surface area (TPSA) is 93.2 Å². The smallest absolute Gasteiger partial charge is 0.317 e. The first-order valence-electron chi connectivity index (χ1n) is 8.03. The predicted molar refractivity (Wildman–Crippen MR) is 81.4 cm³/mol. The van der Waals surface area contributed by atoms with Crippen molar-refractivity contribution in [2.24, 2.45) is 5.73 Å². The molecule has 0 unspecified atom stereocenters. The van der Waals surface area contributed by atoms with Crippen molar-refractivity contribution in [2.75, 3.05) is 13.1 Å². The fourth-order valence-electron chi connectivity index (χ4n) is 3.14. The average Bonchev–Trinajstić information content (AvgIpc) is 2.76. The summed E-state index contributed by atoms with van der Waals surface area (Å²) in [7, 11) is 0. The number of aromatic nitrogens is 2. The van der Waals surface area contributed by atoms with Gasteiger partial charge in [0.2, 0.25) is 0 Å². The van der Waals surface area contributed by atoms with Crippen molar-refractivity contribution in [1.82, 2.24) is 20.0 Å². The molecule has 1 saturated heterocycles. The van der Waals surface area contributed by atoms with Gasteiger partial charge < -0.3 is 16.0 Å². The third-order valence-corrected chi connectivity index (χ3v) is 4.59. The Bertz CT molecular complexity index is 542. The lowest BCUT2D eigenvalue weighted by atomic mass is 10.1. The van der Waals surface area contributed by atoms with Gasteiger partial charge in [-0.15, -0.1) is 0 Å². The van der Waals surface area contributed by atoms with E-state index in [1.54, 1.807) is 15.8 Å². The van der Waals surface area contributed by atoms with Gasteiger partial charge in [-0.3, -0.25) is 9.48 Å². The molecule has 0 spiro atoms. The van der Waals surface area contributed by atoms with Crippen molar-refractivity contribution < 1.29 is 9.59 Å². The summed E-state index contributed by atoms with van der Waals surface area (Å²) < 4.78 is 1.72. The molecule has 1 aliphatic carbocycles. The molecule has 1 aliphatic heterocycles. The minimum absolute atomic E-state index is 0.0189. The molecule has 1 aromatic heterocycles. The highest BCUT2D eigenvalue weighted by atomic mass is 16.2. The quantitative estimate of drug-likeness (QED) is 0.824. The molecule has 120 valence electrons. The first kappa shape index (κ1) is 14.9. The van der Waals surface area contributed by atoms with Crippen LogP contribution >= 0.6 is 0 Å². The van der Waals surface area contributed by atoms with E-state index in [1.165, 1.54) is 31.9 Å². The van der Waals surface area contributed by atoms with Gasteiger partial charge >= 0.3 is 6.03 Å². The van der Waals surface area contributed by atoms with Crippen LogP contribution in [0.3, 0.4) is 0 Å². The number of likely N-dealkylation sites (tertiary alicyclic amines) is 1. The van der Waals surface area contributed by atoms with Crippen LogP contribution in [0, 0.1) is 0 Å². The van der Waals surface area contributed by atoms with E-state index < -0.39 is 5.91 Å². The Balaban J connectivity index is 1.47. The molecule has 7 heteroatoms. The minimum atomic E-state index is -0.478. The highest BCUT2D eigenvalue weighted by Gasteiger charge is 2.33. The number of carbonyl (C=O) groups excluding carboxylic acids is 2. The van der Waals surface area contributed by atoms with E-state index in [0.29, 0.717) is 24.7 Å². The minimum Gasteiger partial charge on any atom is -0.366 e. The zero-order chi connectivity index (χ0) is 15.5. The van der Waals surface area contributed by atoms with Crippen molar-refractivity contribution in [2.45, 2.75) is 50.6 Å². The molecule has 1 saturated carbocycles. The van der Waals surface area contributed by atoms with Crippen LogP contribution in [-0.2, 0) is 0 Å². The lowest BCUT2D eigenvalue weighted by molar-refractivity contribution is 0.0997. The highest BCUT2D eigenvalue weighted by molar-refractivity contribution is 5.92. The van der Waals surface area contributed by atoms with Crippen molar-refractivity contribution in [3.8, 4) is 0 Å². The molecule has 1 aromatic rings. The molecule has 0 radical (unpaired) electrons. The van der Waals surface area contributed by atoms with Gasteiger partial charge in [0.15, 0.2) is 0 Å². The van der Waals surface area contributed by atoms with E-state index >= 15 is 0 Å². The van der Waals surface area contributed by atoms with Gasteiger partial charge in [0.05, 0.1) is 17.8 Å². The molecule has 3 amide bonds. The molecule has 0 aromatic carbocycles. The van der Waals surface area contributed by atoms with E-state index in [-0.39, 0.29) is 12.1 Å². The second kappa shape index (κ2) is 6.37. The molecule has 3 rings (SSSR count). The summed E-state index contributed by atoms with van der Waals surface area (Å²) >= 11 is 0. The lowest BCUT2D eigenvalue weighted by Crippen LogP contribution is -2.56. The SMILES string of the molecule is NC(=O)c1cnn(C2CN(C(=O)NC3CCCCCC3)C2)c1. The standard InChI is InChI=1S/C15H23N5O2/c16-14(21)11-7-17-20(8-11)13-9-19(10-13)15(22)18-12-5-3-1-2-4-6-12/h7-8,12-13H,1-6,9-10H2,(H2,16,21)(H,18,22). The number of hydrogen-bond donors (Lipinski definition) is 2. The van der Waals surface area contributed by atoms with Crippen LogP contribution in [0.4, 0.5) is 4.79 Å². The van der Waals surface area contributed by atoms with Crippen LogP contribution < -0.4 is 11.1 Å². The summed E-state index contributed by atoms with van der Waals surface area (Å²) in [5.74, 6) is -0.478. The van der Waals surface area contributed by atoms with Crippen LogP contribution in [0.2, 0.25) is 0 Å². The highest BCUT2D eigenvalue weighted by Crippen LogP contribution is 2.22. The van der Waals surface area contributed by atoms with Crippen LogP contribution in [0.15, 0.2) is 12.4 Å². The maximum absolute atomic E-state index is 12.2. The summed E-state index contributed by atoms with van der Waals surface area (Å²) in [5, 5.41) is 7.28. The third-order valence-electron chi connectivity index (χ3n) is 4.59. The second-order valence-corrected chi connectivity index (χ2v) is 6.27. The molecule has 22 heavy (non-hydrogen) atoms. The van der Waals surface area contributed by atoms with Gasteiger partial charge in [-0.1, -0.05) is 25.7 Å². The van der Waals surface area contributed by atoms with Gasteiger partial charge in [0.25, 0.3) is 5.91 Å². The number of nitrogens with one attached hydrogen (secondary N) is 1. The predicted octanol–water partition coefficient (Wildman–Crippen LogP) is 1.27. The number of nitrogens with zero attached hydrogens (tertiary/aromatic N) is 3. The fourth-order valence-corrected chi connectivity index (χ4v) is 3.14. The van der Waals surface area contributed by atoms with Crippen molar-refractivity contribution in [1.29, 1.82) is 0 Å². The van der Waals surface area contributed by atoms with E-state index in [9.17, 15) is 9.59 Å². The number of amides is 3. The summed E-state index contributed by atoms with van der Waals surface area (Å²) in [6.45, 7) is 1.25. The van der Waals surface area contributed by atoms with E-state index in [1.807, 2.05) is 0 Å². The Hall–Kier alpha value is -2.05.